The monoisotopic (exact) mass is 269 g/mol. The molecule has 0 aliphatic heterocycles. The Balaban J connectivity index is 1.77. The van der Waals surface area contributed by atoms with Crippen molar-refractivity contribution in [3.05, 3.63) is 16.1 Å². The van der Waals surface area contributed by atoms with E-state index in [1.54, 1.807) is 0 Å². The highest BCUT2D eigenvalue weighted by Gasteiger charge is 2.46. The van der Waals surface area contributed by atoms with Gasteiger partial charge < -0.3 is 15.7 Å². The summed E-state index contributed by atoms with van der Waals surface area (Å²) < 4.78 is 0. The number of urea groups is 1. The Morgan fingerprint density at radius 3 is 2.78 bits per heavy atom. The van der Waals surface area contributed by atoms with E-state index in [0.29, 0.717) is 5.01 Å². The summed E-state index contributed by atoms with van der Waals surface area (Å²) in [6.07, 6.45) is 0.987. The average Bonchev–Trinajstić information content (AvgIpc) is 2.73. The molecule has 1 aromatic rings. The number of thiazole rings is 1. The zero-order chi connectivity index (χ0) is 13.3. The van der Waals surface area contributed by atoms with Crippen LogP contribution in [0.15, 0.2) is 5.38 Å². The van der Waals surface area contributed by atoms with Crippen LogP contribution in [0.4, 0.5) is 4.79 Å². The van der Waals surface area contributed by atoms with E-state index in [2.05, 4.69) is 29.5 Å². The van der Waals surface area contributed by atoms with Gasteiger partial charge >= 0.3 is 12.0 Å². The Labute approximate surface area is 108 Å². The topological polar surface area (TPSA) is 91.3 Å². The first-order valence-corrected chi connectivity index (χ1v) is 6.48. The van der Waals surface area contributed by atoms with E-state index in [0.717, 1.165) is 6.42 Å². The fraction of sp³-hybridized carbons (Fsp3) is 0.545. The van der Waals surface area contributed by atoms with Crippen LogP contribution >= 0.6 is 11.3 Å². The average molecular weight is 269 g/mol. The largest absolute Gasteiger partial charge is 0.476 e. The minimum atomic E-state index is -1.05. The first-order chi connectivity index (χ1) is 8.38. The summed E-state index contributed by atoms with van der Waals surface area (Å²) in [4.78, 5) is 26.0. The molecule has 1 fully saturated rings. The van der Waals surface area contributed by atoms with E-state index in [1.807, 2.05) is 0 Å². The van der Waals surface area contributed by atoms with Gasteiger partial charge in [0.15, 0.2) is 5.69 Å². The van der Waals surface area contributed by atoms with Crippen LogP contribution in [0.5, 0.6) is 0 Å². The van der Waals surface area contributed by atoms with Gasteiger partial charge in [-0.2, -0.15) is 0 Å². The zero-order valence-corrected chi connectivity index (χ0v) is 11.0. The molecular weight excluding hydrogens is 254 g/mol. The lowest BCUT2D eigenvalue weighted by molar-refractivity contribution is 0.0691. The molecule has 18 heavy (non-hydrogen) atoms. The van der Waals surface area contributed by atoms with Crippen LogP contribution in [-0.2, 0) is 6.54 Å². The molecule has 1 atom stereocenters. The first-order valence-electron chi connectivity index (χ1n) is 5.60. The minimum Gasteiger partial charge on any atom is -0.476 e. The van der Waals surface area contributed by atoms with Crippen molar-refractivity contribution in [2.24, 2.45) is 5.41 Å². The van der Waals surface area contributed by atoms with E-state index in [1.165, 1.54) is 16.7 Å². The number of carboxylic acid groups (broad SMARTS) is 1. The molecule has 0 spiro atoms. The maximum absolute atomic E-state index is 11.5. The van der Waals surface area contributed by atoms with Gasteiger partial charge in [0.2, 0.25) is 0 Å². The number of rotatable bonds is 4. The zero-order valence-electron chi connectivity index (χ0n) is 10.2. The van der Waals surface area contributed by atoms with Crippen LogP contribution in [0.25, 0.3) is 0 Å². The van der Waals surface area contributed by atoms with Crippen LogP contribution in [0.3, 0.4) is 0 Å². The molecule has 98 valence electrons. The summed E-state index contributed by atoms with van der Waals surface area (Å²) in [7, 11) is 0. The van der Waals surface area contributed by atoms with Crippen LogP contribution in [0.1, 0.15) is 35.8 Å². The predicted octanol–water partition coefficient (Wildman–Crippen LogP) is 1.44. The minimum absolute atomic E-state index is 0.0144. The third-order valence-electron chi connectivity index (χ3n) is 2.99. The molecule has 1 saturated carbocycles. The molecule has 0 aromatic carbocycles. The smallest absolute Gasteiger partial charge is 0.355 e. The summed E-state index contributed by atoms with van der Waals surface area (Å²) in [6, 6.07) is -0.0129. The van der Waals surface area contributed by atoms with Crippen molar-refractivity contribution in [3.63, 3.8) is 0 Å². The van der Waals surface area contributed by atoms with Crippen molar-refractivity contribution >= 4 is 23.3 Å². The quantitative estimate of drug-likeness (QED) is 0.771. The molecule has 1 aliphatic rings. The number of carbonyl (C=O) groups excluding carboxylic acids is 1. The molecule has 0 saturated heterocycles. The molecular formula is C11H15N3O3S. The molecule has 6 nitrogen and oxygen atoms in total. The molecule has 3 N–H and O–H groups in total. The summed E-state index contributed by atoms with van der Waals surface area (Å²) >= 11 is 1.22. The maximum atomic E-state index is 11.5. The number of carbonyl (C=O) groups is 2. The predicted molar refractivity (Wildman–Crippen MR) is 66.6 cm³/mol. The Kier molecular flexibility index (Phi) is 3.25. The Bertz CT molecular complexity index is 484. The molecule has 1 unspecified atom stereocenters. The number of nitrogens with one attached hydrogen (secondary N) is 2. The number of hydrogen-bond donors (Lipinski definition) is 3. The van der Waals surface area contributed by atoms with Crippen molar-refractivity contribution in [3.8, 4) is 0 Å². The van der Waals surface area contributed by atoms with Gasteiger partial charge in [-0.25, -0.2) is 14.6 Å². The maximum Gasteiger partial charge on any atom is 0.355 e. The fourth-order valence-corrected chi connectivity index (χ4v) is 2.28. The first kappa shape index (κ1) is 12.8. The molecule has 2 rings (SSSR count). The van der Waals surface area contributed by atoms with E-state index >= 15 is 0 Å². The third-order valence-corrected chi connectivity index (χ3v) is 3.84. The summed E-state index contributed by atoms with van der Waals surface area (Å²) in [5, 5.41) is 16.3. The van der Waals surface area contributed by atoms with Gasteiger partial charge in [-0.3, -0.25) is 0 Å². The molecule has 2 amide bonds. The van der Waals surface area contributed by atoms with Crippen LogP contribution in [0.2, 0.25) is 0 Å². The van der Waals surface area contributed by atoms with Crippen molar-refractivity contribution < 1.29 is 14.7 Å². The Morgan fingerprint density at radius 2 is 2.28 bits per heavy atom. The lowest BCUT2D eigenvalue weighted by atomic mass is 10.2. The molecule has 1 heterocycles. The molecule has 7 heteroatoms. The van der Waals surface area contributed by atoms with Crippen molar-refractivity contribution in [1.82, 2.24) is 15.6 Å². The molecule has 1 aliphatic carbocycles. The van der Waals surface area contributed by atoms with Gasteiger partial charge in [-0.05, 0) is 11.8 Å². The number of hydrogen-bond acceptors (Lipinski definition) is 4. The van der Waals surface area contributed by atoms with Crippen LogP contribution < -0.4 is 10.6 Å². The highest BCUT2D eigenvalue weighted by atomic mass is 32.1. The molecule has 0 radical (unpaired) electrons. The summed E-state index contributed by atoms with van der Waals surface area (Å²) in [6.45, 7) is 4.44. The van der Waals surface area contributed by atoms with E-state index < -0.39 is 5.97 Å². The summed E-state index contributed by atoms with van der Waals surface area (Å²) in [5.41, 5.74) is 0.204. The fourth-order valence-electron chi connectivity index (χ4n) is 1.57. The van der Waals surface area contributed by atoms with Crippen LogP contribution in [-0.4, -0.2) is 28.1 Å². The highest BCUT2D eigenvalue weighted by molar-refractivity contribution is 7.09. The summed E-state index contributed by atoms with van der Waals surface area (Å²) in [5.74, 6) is -1.05. The number of aromatic nitrogens is 1. The second-order valence-corrected chi connectivity index (χ2v) is 5.95. The van der Waals surface area contributed by atoms with E-state index in [9.17, 15) is 9.59 Å². The van der Waals surface area contributed by atoms with Crippen molar-refractivity contribution in [1.29, 1.82) is 0 Å². The van der Waals surface area contributed by atoms with E-state index in [4.69, 9.17) is 5.11 Å². The van der Waals surface area contributed by atoms with Crippen LogP contribution in [0, 0.1) is 5.41 Å². The molecule has 1 aromatic heterocycles. The Morgan fingerprint density at radius 1 is 1.61 bits per heavy atom. The lowest BCUT2D eigenvalue weighted by Gasteiger charge is -2.07. The second kappa shape index (κ2) is 4.56. The van der Waals surface area contributed by atoms with Crippen molar-refractivity contribution in [2.45, 2.75) is 32.9 Å². The number of aromatic carboxylic acids is 1. The van der Waals surface area contributed by atoms with Gasteiger partial charge in [-0.1, -0.05) is 13.8 Å². The van der Waals surface area contributed by atoms with Gasteiger partial charge in [0.05, 0.1) is 6.54 Å². The van der Waals surface area contributed by atoms with E-state index in [-0.39, 0.29) is 29.7 Å². The number of carboxylic acids is 1. The SMILES string of the molecule is CC1(C)CC1NC(=O)NCc1nc(C(=O)O)cs1. The Hall–Kier alpha value is -1.63. The van der Waals surface area contributed by atoms with Gasteiger partial charge in [0.1, 0.15) is 5.01 Å². The van der Waals surface area contributed by atoms with Gasteiger partial charge in [-0.15, -0.1) is 11.3 Å². The van der Waals surface area contributed by atoms with Gasteiger partial charge in [0.25, 0.3) is 0 Å². The number of nitrogens with zero attached hydrogens (tertiary/aromatic N) is 1. The van der Waals surface area contributed by atoms with Crippen molar-refractivity contribution in [2.75, 3.05) is 0 Å². The standard InChI is InChI=1S/C11H15N3O3S/c1-11(2)3-7(11)14-10(17)12-4-8-13-6(5-18-8)9(15)16/h5,7H,3-4H2,1-2H3,(H,15,16)(H2,12,14,17). The normalized spacial score (nSPS) is 20.2. The second-order valence-electron chi connectivity index (χ2n) is 5.00. The highest BCUT2D eigenvalue weighted by Crippen LogP contribution is 2.44. The third kappa shape index (κ3) is 2.98. The number of amides is 2. The lowest BCUT2D eigenvalue weighted by Crippen LogP contribution is -2.37. The molecule has 0 bridgehead atoms. The van der Waals surface area contributed by atoms with Gasteiger partial charge in [0, 0.05) is 11.4 Å².